The van der Waals surface area contributed by atoms with Crippen LogP contribution in [0.2, 0.25) is 0 Å². The number of hydrogen-bond donors (Lipinski definition) is 1. The first kappa shape index (κ1) is 26.6. The number of amides is 1. The predicted molar refractivity (Wildman–Crippen MR) is 138 cm³/mol. The molecule has 186 valence electrons. The average molecular weight is 485 g/mol. The van der Waals surface area contributed by atoms with Gasteiger partial charge in [-0.05, 0) is 56.4 Å². The first-order valence-electron chi connectivity index (χ1n) is 11.7. The minimum Gasteiger partial charge on any atom is -0.458 e. The van der Waals surface area contributed by atoms with Crippen LogP contribution in [0.15, 0.2) is 60.9 Å². The number of nitrogens with one attached hydrogen (secondary N) is 1. The average Bonchev–Trinajstić information content (AvgIpc) is 2.82. The predicted octanol–water partition coefficient (Wildman–Crippen LogP) is 5.30. The van der Waals surface area contributed by atoms with Crippen molar-refractivity contribution in [3.05, 3.63) is 83.2 Å². The largest absolute Gasteiger partial charge is 0.458 e. The van der Waals surface area contributed by atoms with E-state index in [1.54, 1.807) is 64.1 Å². The zero-order chi connectivity index (χ0) is 26.7. The third-order valence-corrected chi connectivity index (χ3v) is 5.69. The van der Waals surface area contributed by atoms with Gasteiger partial charge >= 0.3 is 5.97 Å². The van der Waals surface area contributed by atoms with Crippen LogP contribution in [0.1, 0.15) is 75.5 Å². The van der Waals surface area contributed by atoms with Crippen molar-refractivity contribution in [3.8, 4) is 17.5 Å². The highest BCUT2D eigenvalue weighted by atomic mass is 16.6. The molecule has 2 aromatic carbocycles. The van der Waals surface area contributed by atoms with E-state index >= 15 is 0 Å². The summed E-state index contributed by atoms with van der Waals surface area (Å²) in [6, 6.07) is 16.4. The summed E-state index contributed by atoms with van der Waals surface area (Å²) < 4.78 is 5.69. The molecule has 0 aliphatic heterocycles. The highest BCUT2D eigenvalue weighted by Crippen LogP contribution is 2.28. The van der Waals surface area contributed by atoms with Crippen LogP contribution in [0.5, 0.6) is 0 Å². The van der Waals surface area contributed by atoms with Gasteiger partial charge in [0.2, 0.25) is 0 Å². The maximum absolute atomic E-state index is 13.4. The lowest BCUT2D eigenvalue weighted by atomic mass is 9.86. The summed E-state index contributed by atoms with van der Waals surface area (Å²) in [4.78, 5) is 35.0. The molecule has 0 saturated heterocycles. The number of aromatic nitrogens is 2. The van der Waals surface area contributed by atoms with Gasteiger partial charge in [0.05, 0.1) is 5.56 Å². The van der Waals surface area contributed by atoms with Gasteiger partial charge in [-0.3, -0.25) is 4.79 Å². The van der Waals surface area contributed by atoms with E-state index in [0.717, 1.165) is 5.56 Å². The second-order valence-corrected chi connectivity index (χ2v) is 10.9. The normalized spacial score (nSPS) is 13.3. The van der Waals surface area contributed by atoms with Crippen molar-refractivity contribution in [2.75, 3.05) is 0 Å². The fourth-order valence-electron chi connectivity index (χ4n) is 3.53. The maximum atomic E-state index is 13.4. The van der Waals surface area contributed by atoms with Gasteiger partial charge in [-0.25, -0.2) is 14.8 Å². The lowest BCUT2D eigenvalue weighted by molar-refractivity contribution is -0.162. The summed E-state index contributed by atoms with van der Waals surface area (Å²) in [6.07, 6.45) is 2.90. The van der Waals surface area contributed by atoms with E-state index in [2.05, 4.69) is 36.1 Å². The van der Waals surface area contributed by atoms with Gasteiger partial charge in [-0.2, -0.15) is 5.26 Å². The minimum atomic E-state index is -1.45. The van der Waals surface area contributed by atoms with Crippen LogP contribution in [-0.4, -0.2) is 27.4 Å². The standard InChI is InChI=1S/C29H32N4O3/c1-27(2,3)22-12-10-21(11-13-22)25(34)33-29(7,26(35)36-28(4,5)6)23-14-8-20(9-15-23)24-31-17-19(16-30)18-32-24/h8-15,17-18H,1-7H3,(H,33,34)/t29-/m0/s1. The van der Waals surface area contributed by atoms with Gasteiger partial charge in [-0.1, -0.05) is 57.2 Å². The topological polar surface area (TPSA) is 105 Å². The number of nitriles is 1. The quantitative estimate of drug-likeness (QED) is 0.493. The van der Waals surface area contributed by atoms with E-state index in [1.165, 1.54) is 12.4 Å². The van der Waals surface area contributed by atoms with E-state index < -0.39 is 17.1 Å². The van der Waals surface area contributed by atoms with E-state index in [1.807, 2.05) is 18.2 Å². The molecule has 3 rings (SSSR count). The molecule has 1 amide bonds. The Kier molecular flexibility index (Phi) is 7.30. The number of esters is 1. The second kappa shape index (κ2) is 9.90. The maximum Gasteiger partial charge on any atom is 0.336 e. The number of ether oxygens (including phenoxy) is 1. The van der Waals surface area contributed by atoms with Crippen LogP contribution in [0.3, 0.4) is 0 Å². The third kappa shape index (κ3) is 6.14. The van der Waals surface area contributed by atoms with Crippen molar-refractivity contribution in [1.29, 1.82) is 5.26 Å². The van der Waals surface area contributed by atoms with Crippen molar-refractivity contribution in [3.63, 3.8) is 0 Å². The summed E-state index contributed by atoms with van der Waals surface area (Å²) in [7, 11) is 0. The Hall–Kier alpha value is -4.05. The monoisotopic (exact) mass is 484 g/mol. The molecule has 36 heavy (non-hydrogen) atoms. The van der Waals surface area contributed by atoms with Gasteiger partial charge in [0, 0.05) is 23.5 Å². The van der Waals surface area contributed by atoms with Crippen LogP contribution < -0.4 is 5.32 Å². The van der Waals surface area contributed by atoms with Crippen LogP contribution in [0.4, 0.5) is 0 Å². The summed E-state index contributed by atoms with van der Waals surface area (Å²) in [5.74, 6) is -0.511. The summed E-state index contributed by atoms with van der Waals surface area (Å²) in [6.45, 7) is 13.3. The van der Waals surface area contributed by atoms with E-state index in [4.69, 9.17) is 10.00 Å². The molecule has 0 spiro atoms. The number of nitrogens with zero attached hydrogens (tertiary/aromatic N) is 3. The number of carbonyl (C=O) groups excluding carboxylic acids is 2. The van der Waals surface area contributed by atoms with Crippen molar-refractivity contribution >= 4 is 11.9 Å². The minimum absolute atomic E-state index is 0.0412. The first-order valence-corrected chi connectivity index (χ1v) is 11.7. The van der Waals surface area contributed by atoms with Gasteiger partial charge < -0.3 is 10.1 Å². The first-order chi connectivity index (χ1) is 16.7. The molecular weight excluding hydrogens is 452 g/mol. The summed E-state index contributed by atoms with van der Waals surface area (Å²) in [5.41, 5.74) is 0.944. The number of hydrogen-bond acceptors (Lipinski definition) is 6. The Morgan fingerprint density at radius 3 is 1.83 bits per heavy atom. The molecule has 0 aliphatic carbocycles. The molecule has 0 saturated carbocycles. The Morgan fingerprint density at radius 2 is 1.36 bits per heavy atom. The fraction of sp³-hybridized carbons (Fsp3) is 0.345. The molecule has 7 heteroatoms. The van der Waals surface area contributed by atoms with Crippen LogP contribution in [-0.2, 0) is 20.5 Å². The lowest BCUT2D eigenvalue weighted by Crippen LogP contribution is -2.52. The Balaban J connectivity index is 1.94. The third-order valence-electron chi connectivity index (χ3n) is 5.69. The number of carbonyl (C=O) groups is 2. The molecule has 3 aromatic rings. The van der Waals surface area contributed by atoms with Gasteiger partial charge in [0.1, 0.15) is 11.7 Å². The second-order valence-electron chi connectivity index (χ2n) is 10.9. The van der Waals surface area contributed by atoms with E-state index in [9.17, 15) is 9.59 Å². The Labute approximate surface area is 212 Å². The number of rotatable bonds is 5. The SMILES string of the molecule is CC(C)(C)OC(=O)[C@@](C)(NC(=O)c1ccc(C(C)(C)C)cc1)c1ccc(-c2ncc(C#N)cn2)cc1. The van der Waals surface area contributed by atoms with Gasteiger partial charge in [-0.15, -0.1) is 0 Å². The summed E-state index contributed by atoms with van der Waals surface area (Å²) in [5, 5.41) is 11.9. The molecule has 1 atom stereocenters. The fourth-order valence-corrected chi connectivity index (χ4v) is 3.53. The molecule has 0 unspecified atom stereocenters. The molecule has 0 aliphatic rings. The van der Waals surface area contributed by atoms with Crippen LogP contribution in [0.25, 0.3) is 11.4 Å². The molecule has 1 heterocycles. The molecule has 7 nitrogen and oxygen atoms in total. The van der Waals surface area contributed by atoms with Gasteiger partial charge in [0.15, 0.2) is 11.4 Å². The highest BCUT2D eigenvalue weighted by molar-refractivity contribution is 5.98. The van der Waals surface area contributed by atoms with Crippen molar-refractivity contribution < 1.29 is 14.3 Å². The zero-order valence-corrected chi connectivity index (χ0v) is 21.8. The van der Waals surface area contributed by atoms with Crippen molar-refractivity contribution in [1.82, 2.24) is 15.3 Å². The van der Waals surface area contributed by atoms with E-state index in [0.29, 0.717) is 28.1 Å². The Bertz CT molecular complexity index is 1280. The van der Waals surface area contributed by atoms with Crippen molar-refractivity contribution in [2.45, 2.75) is 65.0 Å². The van der Waals surface area contributed by atoms with Crippen LogP contribution in [0, 0.1) is 11.3 Å². The van der Waals surface area contributed by atoms with Crippen molar-refractivity contribution in [2.24, 2.45) is 0 Å². The highest BCUT2D eigenvalue weighted by Gasteiger charge is 2.40. The lowest BCUT2D eigenvalue weighted by Gasteiger charge is -2.33. The van der Waals surface area contributed by atoms with E-state index in [-0.39, 0.29) is 11.3 Å². The Morgan fingerprint density at radius 1 is 0.833 bits per heavy atom. The molecular formula is C29H32N4O3. The van der Waals surface area contributed by atoms with Gasteiger partial charge in [0.25, 0.3) is 5.91 Å². The molecule has 1 N–H and O–H groups in total. The molecule has 0 radical (unpaired) electrons. The molecule has 0 fully saturated rings. The van der Waals surface area contributed by atoms with Crippen LogP contribution >= 0.6 is 0 Å². The summed E-state index contributed by atoms with van der Waals surface area (Å²) >= 11 is 0. The smallest absolute Gasteiger partial charge is 0.336 e. The molecule has 1 aromatic heterocycles. The number of benzene rings is 2. The zero-order valence-electron chi connectivity index (χ0n) is 21.8. The molecule has 0 bridgehead atoms.